The number of amides is 1. The van der Waals surface area contributed by atoms with Gasteiger partial charge in [-0.25, -0.2) is 4.79 Å². The number of carbonyl (C=O) groups excluding carboxylic acids is 2. The fraction of sp³-hybridized carbons (Fsp3) is 0.200. The maximum atomic E-state index is 12.9. The number of benzene rings is 3. The van der Waals surface area contributed by atoms with E-state index in [1.807, 2.05) is 49.4 Å². The molecule has 4 nitrogen and oxygen atoms in total. The molecule has 4 heteroatoms. The van der Waals surface area contributed by atoms with Gasteiger partial charge in [0.1, 0.15) is 0 Å². The van der Waals surface area contributed by atoms with E-state index in [-0.39, 0.29) is 11.9 Å². The molecule has 1 N–H and O–H groups in total. The molecule has 0 aliphatic heterocycles. The average molecular weight is 387 g/mol. The standard InChI is InChI=1S/C25H25NO3/c1-3-29-25(28)21-15-16-23(18(2)17-21)26-24(27)22-12-8-7-11-20(22)14-13-19-9-5-4-6-10-19/h4-12,15-17H,3,13-14H2,1-2H3,(H,26,27). The highest BCUT2D eigenvalue weighted by Crippen LogP contribution is 2.20. The van der Waals surface area contributed by atoms with Crippen LogP contribution in [-0.2, 0) is 17.6 Å². The van der Waals surface area contributed by atoms with Crippen LogP contribution in [0, 0.1) is 6.92 Å². The lowest BCUT2D eigenvalue weighted by Gasteiger charge is -2.13. The molecule has 0 saturated carbocycles. The number of ether oxygens (including phenoxy) is 1. The van der Waals surface area contributed by atoms with E-state index in [0.717, 1.165) is 24.0 Å². The van der Waals surface area contributed by atoms with Gasteiger partial charge in [-0.2, -0.15) is 0 Å². The van der Waals surface area contributed by atoms with E-state index in [2.05, 4.69) is 17.4 Å². The Labute approximate surface area is 171 Å². The first-order valence-corrected chi connectivity index (χ1v) is 9.79. The molecule has 0 aliphatic rings. The Kier molecular flexibility index (Phi) is 6.80. The number of aryl methyl sites for hydroxylation is 3. The van der Waals surface area contributed by atoms with Crippen LogP contribution in [0.4, 0.5) is 5.69 Å². The van der Waals surface area contributed by atoms with Crippen LogP contribution in [0.15, 0.2) is 72.8 Å². The Morgan fingerprint density at radius 2 is 1.62 bits per heavy atom. The first-order valence-electron chi connectivity index (χ1n) is 9.79. The van der Waals surface area contributed by atoms with Gasteiger partial charge in [-0.3, -0.25) is 4.79 Å². The summed E-state index contributed by atoms with van der Waals surface area (Å²) in [5, 5.41) is 2.97. The highest BCUT2D eigenvalue weighted by atomic mass is 16.5. The summed E-state index contributed by atoms with van der Waals surface area (Å²) in [4.78, 5) is 24.8. The predicted octanol–water partition coefficient (Wildman–Crippen LogP) is 5.21. The van der Waals surface area contributed by atoms with Crippen LogP contribution in [0.3, 0.4) is 0 Å². The summed E-state index contributed by atoms with van der Waals surface area (Å²) in [5.74, 6) is -0.514. The molecule has 0 bridgehead atoms. The van der Waals surface area contributed by atoms with Gasteiger partial charge in [0.15, 0.2) is 0 Å². The molecule has 3 aromatic rings. The van der Waals surface area contributed by atoms with Crippen molar-refractivity contribution < 1.29 is 14.3 Å². The van der Waals surface area contributed by atoms with Crippen LogP contribution < -0.4 is 5.32 Å². The van der Waals surface area contributed by atoms with Gasteiger partial charge < -0.3 is 10.1 Å². The second-order valence-corrected chi connectivity index (χ2v) is 6.85. The van der Waals surface area contributed by atoms with Crippen LogP contribution >= 0.6 is 0 Å². The number of esters is 1. The smallest absolute Gasteiger partial charge is 0.338 e. The quantitative estimate of drug-likeness (QED) is 0.566. The summed E-state index contributed by atoms with van der Waals surface area (Å²) in [6.07, 6.45) is 1.66. The number of hydrogen-bond acceptors (Lipinski definition) is 3. The third kappa shape index (κ3) is 5.32. The van der Waals surface area contributed by atoms with Gasteiger partial charge in [-0.05, 0) is 67.6 Å². The van der Waals surface area contributed by atoms with Gasteiger partial charge in [0.05, 0.1) is 12.2 Å². The molecular formula is C25H25NO3. The topological polar surface area (TPSA) is 55.4 Å². The fourth-order valence-corrected chi connectivity index (χ4v) is 3.22. The van der Waals surface area contributed by atoms with Crippen molar-refractivity contribution >= 4 is 17.6 Å². The fourth-order valence-electron chi connectivity index (χ4n) is 3.22. The molecule has 3 rings (SSSR count). The summed E-state index contributed by atoms with van der Waals surface area (Å²) in [6, 6.07) is 23.0. The van der Waals surface area contributed by atoms with Crippen molar-refractivity contribution in [3.8, 4) is 0 Å². The second-order valence-electron chi connectivity index (χ2n) is 6.85. The third-order valence-corrected chi connectivity index (χ3v) is 4.77. The number of hydrogen-bond donors (Lipinski definition) is 1. The lowest BCUT2D eigenvalue weighted by Crippen LogP contribution is -2.15. The van der Waals surface area contributed by atoms with E-state index in [1.165, 1.54) is 5.56 Å². The van der Waals surface area contributed by atoms with Gasteiger partial charge in [0, 0.05) is 11.3 Å². The van der Waals surface area contributed by atoms with E-state index in [9.17, 15) is 9.59 Å². The SMILES string of the molecule is CCOC(=O)c1ccc(NC(=O)c2ccccc2CCc2ccccc2)c(C)c1. The van der Waals surface area contributed by atoms with Crippen LogP contribution in [-0.4, -0.2) is 18.5 Å². The van der Waals surface area contributed by atoms with Gasteiger partial charge in [-0.15, -0.1) is 0 Å². The molecule has 3 aromatic carbocycles. The average Bonchev–Trinajstić information content (AvgIpc) is 2.74. The molecular weight excluding hydrogens is 362 g/mol. The molecule has 0 saturated heterocycles. The van der Waals surface area contributed by atoms with Crippen LogP contribution in [0.2, 0.25) is 0 Å². The molecule has 148 valence electrons. The summed E-state index contributed by atoms with van der Waals surface area (Å²) >= 11 is 0. The van der Waals surface area contributed by atoms with Crippen LogP contribution in [0.5, 0.6) is 0 Å². The highest BCUT2D eigenvalue weighted by Gasteiger charge is 2.14. The van der Waals surface area contributed by atoms with Crippen LogP contribution in [0.1, 0.15) is 44.3 Å². The van der Waals surface area contributed by atoms with E-state index < -0.39 is 0 Å². The van der Waals surface area contributed by atoms with Crippen molar-refractivity contribution in [2.24, 2.45) is 0 Å². The summed E-state index contributed by atoms with van der Waals surface area (Å²) < 4.78 is 5.03. The van der Waals surface area contributed by atoms with Crippen molar-refractivity contribution in [2.75, 3.05) is 11.9 Å². The van der Waals surface area contributed by atoms with Gasteiger partial charge in [-0.1, -0.05) is 48.5 Å². The van der Waals surface area contributed by atoms with Crippen molar-refractivity contribution in [1.82, 2.24) is 0 Å². The molecule has 0 fully saturated rings. The Bertz CT molecular complexity index is 996. The van der Waals surface area contributed by atoms with Crippen molar-refractivity contribution in [3.05, 3.63) is 101 Å². The normalized spacial score (nSPS) is 10.4. The molecule has 0 radical (unpaired) electrons. The zero-order chi connectivity index (χ0) is 20.6. The maximum absolute atomic E-state index is 12.9. The van der Waals surface area contributed by atoms with Gasteiger partial charge in [0.2, 0.25) is 0 Å². The number of anilines is 1. The second kappa shape index (κ2) is 9.69. The summed E-state index contributed by atoms with van der Waals surface area (Å²) in [7, 11) is 0. The predicted molar refractivity (Wildman–Crippen MR) is 115 cm³/mol. The van der Waals surface area contributed by atoms with Crippen LogP contribution in [0.25, 0.3) is 0 Å². The molecule has 0 unspecified atom stereocenters. The van der Waals surface area contributed by atoms with E-state index >= 15 is 0 Å². The first-order chi connectivity index (χ1) is 14.1. The van der Waals surface area contributed by atoms with Crippen molar-refractivity contribution in [3.63, 3.8) is 0 Å². The summed E-state index contributed by atoms with van der Waals surface area (Å²) in [6.45, 7) is 3.96. The third-order valence-electron chi connectivity index (χ3n) is 4.77. The minimum absolute atomic E-state index is 0.152. The Morgan fingerprint density at radius 1 is 0.897 bits per heavy atom. The van der Waals surface area contributed by atoms with E-state index in [1.54, 1.807) is 25.1 Å². The minimum Gasteiger partial charge on any atom is -0.462 e. The van der Waals surface area contributed by atoms with E-state index in [4.69, 9.17) is 4.74 Å². The molecule has 0 spiro atoms. The lowest BCUT2D eigenvalue weighted by molar-refractivity contribution is 0.0526. The Balaban J connectivity index is 1.73. The van der Waals surface area contributed by atoms with Crippen molar-refractivity contribution in [2.45, 2.75) is 26.7 Å². The minimum atomic E-state index is -0.361. The Morgan fingerprint density at radius 3 is 2.34 bits per heavy atom. The number of rotatable bonds is 7. The number of nitrogens with one attached hydrogen (secondary N) is 1. The monoisotopic (exact) mass is 387 g/mol. The molecule has 0 aromatic heterocycles. The molecule has 1 amide bonds. The largest absolute Gasteiger partial charge is 0.462 e. The zero-order valence-electron chi connectivity index (χ0n) is 16.8. The van der Waals surface area contributed by atoms with E-state index in [0.29, 0.717) is 23.4 Å². The maximum Gasteiger partial charge on any atom is 0.338 e. The van der Waals surface area contributed by atoms with Gasteiger partial charge in [0.25, 0.3) is 5.91 Å². The summed E-state index contributed by atoms with van der Waals surface area (Å²) in [5.41, 5.74) is 4.89. The zero-order valence-corrected chi connectivity index (χ0v) is 16.8. The highest BCUT2D eigenvalue weighted by molar-refractivity contribution is 6.06. The number of carbonyl (C=O) groups is 2. The first kappa shape index (κ1) is 20.3. The molecule has 0 atom stereocenters. The van der Waals surface area contributed by atoms with Crippen molar-refractivity contribution in [1.29, 1.82) is 0 Å². The molecule has 29 heavy (non-hydrogen) atoms. The lowest BCUT2D eigenvalue weighted by atomic mass is 9.99. The van der Waals surface area contributed by atoms with Gasteiger partial charge >= 0.3 is 5.97 Å². The molecule has 0 heterocycles. The Hall–Kier alpha value is -3.40. The molecule has 0 aliphatic carbocycles.